The van der Waals surface area contributed by atoms with Crippen molar-refractivity contribution in [2.75, 3.05) is 26.2 Å². The summed E-state index contributed by atoms with van der Waals surface area (Å²) < 4.78 is 5.45. The molecule has 2 rings (SSSR count). The predicted octanol–water partition coefficient (Wildman–Crippen LogP) is 2.88. The molecule has 0 amide bonds. The third-order valence-electron chi connectivity index (χ3n) is 3.75. The first-order chi connectivity index (χ1) is 8.88. The summed E-state index contributed by atoms with van der Waals surface area (Å²) in [6.07, 6.45) is 7.03. The minimum Gasteiger partial charge on any atom is -0.468 e. The Labute approximate surface area is 111 Å². The molecule has 1 fully saturated rings. The standard InChI is InChI=1S/C15H26N2O/c1-2-9-17(13-15-6-4-11-18-15)10-7-14-5-3-8-16-12-14/h4,6,11,14,16H,2-3,5,7-10,12-13H2,1H3/t14-/m1/s1. The van der Waals surface area contributed by atoms with E-state index in [1.54, 1.807) is 6.26 Å². The SMILES string of the molecule is CCCN(CC[C@H]1CCCNC1)Cc1ccco1. The van der Waals surface area contributed by atoms with Gasteiger partial charge in [0.15, 0.2) is 0 Å². The van der Waals surface area contributed by atoms with Crippen molar-refractivity contribution in [1.29, 1.82) is 0 Å². The van der Waals surface area contributed by atoms with Gasteiger partial charge in [0.25, 0.3) is 0 Å². The average molecular weight is 250 g/mol. The highest BCUT2D eigenvalue weighted by atomic mass is 16.3. The van der Waals surface area contributed by atoms with Crippen molar-refractivity contribution in [3.63, 3.8) is 0 Å². The van der Waals surface area contributed by atoms with Crippen LogP contribution in [0.25, 0.3) is 0 Å². The van der Waals surface area contributed by atoms with Gasteiger partial charge in [-0.2, -0.15) is 0 Å². The zero-order chi connectivity index (χ0) is 12.6. The Morgan fingerprint density at radius 2 is 2.39 bits per heavy atom. The van der Waals surface area contributed by atoms with Crippen LogP contribution in [-0.2, 0) is 6.54 Å². The van der Waals surface area contributed by atoms with Crippen LogP contribution in [0, 0.1) is 5.92 Å². The number of rotatable bonds is 7. The fourth-order valence-electron chi connectivity index (χ4n) is 2.74. The average Bonchev–Trinajstić information content (AvgIpc) is 2.90. The quantitative estimate of drug-likeness (QED) is 0.806. The molecule has 18 heavy (non-hydrogen) atoms. The monoisotopic (exact) mass is 250 g/mol. The summed E-state index contributed by atoms with van der Waals surface area (Å²) in [7, 11) is 0. The highest BCUT2D eigenvalue weighted by Gasteiger charge is 2.15. The Morgan fingerprint density at radius 3 is 3.06 bits per heavy atom. The summed E-state index contributed by atoms with van der Waals surface area (Å²) in [6.45, 7) is 7.99. The summed E-state index contributed by atoms with van der Waals surface area (Å²) >= 11 is 0. The molecule has 102 valence electrons. The first kappa shape index (κ1) is 13.6. The highest BCUT2D eigenvalue weighted by molar-refractivity contribution is 4.97. The lowest BCUT2D eigenvalue weighted by atomic mass is 9.96. The molecular formula is C15H26N2O. The Morgan fingerprint density at radius 1 is 1.44 bits per heavy atom. The van der Waals surface area contributed by atoms with Crippen LogP contribution in [0.2, 0.25) is 0 Å². The van der Waals surface area contributed by atoms with Crippen LogP contribution < -0.4 is 5.32 Å². The van der Waals surface area contributed by atoms with Gasteiger partial charge in [0.2, 0.25) is 0 Å². The van der Waals surface area contributed by atoms with Crippen LogP contribution >= 0.6 is 0 Å². The van der Waals surface area contributed by atoms with Crippen molar-refractivity contribution >= 4 is 0 Å². The number of hydrogen-bond acceptors (Lipinski definition) is 3. The molecule has 2 heterocycles. The van der Waals surface area contributed by atoms with Crippen LogP contribution in [0.1, 0.15) is 38.4 Å². The van der Waals surface area contributed by atoms with Crippen molar-refractivity contribution in [2.24, 2.45) is 5.92 Å². The summed E-state index contributed by atoms with van der Waals surface area (Å²) in [5, 5.41) is 3.50. The van der Waals surface area contributed by atoms with Gasteiger partial charge in [-0.15, -0.1) is 0 Å². The topological polar surface area (TPSA) is 28.4 Å². The van der Waals surface area contributed by atoms with Crippen LogP contribution in [0.3, 0.4) is 0 Å². The van der Waals surface area contributed by atoms with Crippen molar-refractivity contribution in [3.05, 3.63) is 24.2 Å². The summed E-state index contributed by atoms with van der Waals surface area (Å²) in [5.41, 5.74) is 0. The summed E-state index contributed by atoms with van der Waals surface area (Å²) in [6, 6.07) is 4.05. The maximum atomic E-state index is 5.45. The van der Waals surface area contributed by atoms with E-state index in [-0.39, 0.29) is 0 Å². The number of nitrogens with one attached hydrogen (secondary N) is 1. The molecule has 1 aromatic heterocycles. The lowest BCUT2D eigenvalue weighted by Gasteiger charge is -2.26. The third-order valence-corrected chi connectivity index (χ3v) is 3.75. The van der Waals surface area contributed by atoms with Crippen molar-refractivity contribution in [2.45, 2.75) is 39.2 Å². The van der Waals surface area contributed by atoms with E-state index >= 15 is 0 Å². The van der Waals surface area contributed by atoms with Crippen molar-refractivity contribution < 1.29 is 4.42 Å². The Kier molecular flexibility index (Phi) is 5.75. The lowest BCUT2D eigenvalue weighted by Crippen LogP contribution is -2.33. The summed E-state index contributed by atoms with van der Waals surface area (Å²) in [4.78, 5) is 2.52. The molecule has 0 spiro atoms. The van der Waals surface area contributed by atoms with Crippen LogP contribution in [0.5, 0.6) is 0 Å². The summed E-state index contributed by atoms with van der Waals surface area (Å²) in [5.74, 6) is 1.96. The lowest BCUT2D eigenvalue weighted by molar-refractivity contribution is 0.215. The van der Waals surface area contributed by atoms with Crippen LogP contribution in [0.4, 0.5) is 0 Å². The van der Waals surface area contributed by atoms with Gasteiger partial charge in [-0.25, -0.2) is 0 Å². The van der Waals surface area contributed by atoms with E-state index < -0.39 is 0 Å². The second-order valence-corrected chi connectivity index (χ2v) is 5.36. The maximum Gasteiger partial charge on any atom is 0.117 e. The van der Waals surface area contributed by atoms with Gasteiger partial charge in [0, 0.05) is 0 Å². The van der Waals surface area contributed by atoms with Gasteiger partial charge in [0.1, 0.15) is 5.76 Å². The minimum atomic E-state index is 0.870. The Balaban J connectivity index is 1.74. The molecule has 1 aromatic rings. The molecule has 0 radical (unpaired) electrons. The van der Waals surface area contributed by atoms with E-state index in [2.05, 4.69) is 23.2 Å². The highest BCUT2D eigenvalue weighted by Crippen LogP contribution is 2.15. The van der Waals surface area contributed by atoms with Gasteiger partial charge in [-0.3, -0.25) is 4.90 Å². The van der Waals surface area contributed by atoms with E-state index in [1.165, 1.54) is 51.9 Å². The second kappa shape index (κ2) is 7.59. The fourth-order valence-corrected chi connectivity index (χ4v) is 2.74. The molecule has 3 nitrogen and oxygen atoms in total. The first-order valence-electron chi connectivity index (χ1n) is 7.34. The molecule has 0 saturated carbocycles. The molecule has 0 aliphatic carbocycles. The molecule has 3 heteroatoms. The zero-order valence-corrected chi connectivity index (χ0v) is 11.5. The van der Waals surface area contributed by atoms with E-state index in [0.717, 1.165) is 18.2 Å². The van der Waals surface area contributed by atoms with E-state index in [9.17, 15) is 0 Å². The minimum absolute atomic E-state index is 0.870. The molecule has 1 N–H and O–H groups in total. The molecule has 0 aromatic carbocycles. The van der Waals surface area contributed by atoms with Gasteiger partial charge in [-0.05, 0) is 69.9 Å². The smallest absolute Gasteiger partial charge is 0.117 e. The van der Waals surface area contributed by atoms with E-state index in [0.29, 0.717) is 0 Å². The first-order valence-corrected chi connectivity index (χ1v) is 7.34. The van der Waals surface area contributed by atoms with E-state index in [4.69, 9.17) is 4.42 Å². The molecule has 1 aliphatic rings. The van der Waals surface area contributed by atoms with Crippen LogP contribution in [-0.4, -0.2) is 31.1 Å². The molecule has 1 aliphatic heterocycles. The molecule has 0 unspecified atom stereocenters. The van der Waals surface area contributed by atoms with Gasteiger partial charge < -0.3 is 9.73 Å². The van der Waals surface area contributed by atoms with Crippen molar-refractivity contribution in [3.8, 4) is 0 Å². The van der Waals surface area contributed by atoms with Crippen LogP contribution in [0.15, 0.2) is 22.8 Å². The number of hydrogen-bond donors (Lipinski definition) is 1. The second-order valence-electron chi connectivity index (χ2n) is 5.36. The fraction of sp³-hybridized carbons (Fsp3) is 0.733. The molecule has 1 atom stereocenters. The van der Waals surface area contributed by atoms with Gasteiger partial charge >= 0.3 is 0 Å². The Bertz CT molecular complexity index is 304. The number of nitrogens with zero attached hydrogens (tertiary/aromatic N) is 1. The molecule has 0 bridgehead atoms. The molecule has 1 saturated heterocycles. The zero-order valence-electron chi connectivity index (χ0n) is 11.5. The normalized spacial score (nSPS) is 20.4. The molecular weight excluding hydrogens is 224 g/mol. The van der Waals surface area contributed by atoms with E-state index in [1.807, 2.05) is 6.07 Å². The maximum absolute atomic E-state index is 5.45. The number of furan rings is 1. The Hall–Kier alpha value is -0.800. The van der Waals surface area contributed by atoms with Crippen molar-refractivity contribution in [1.82, 2.24) is 10.2 Å². The number of piperidine rings is 1. The third kappa shape index (κ3) is 4.46. The van der Waals surface area contributed by atoms with Gasteiger partial charge in [0.05, 0.1) is 12.8 Å². The largest absolute Gasteiger partial charge is 0.468 e. The van der Waals surface area contributed by atoms with Gasteiger partial charge in [-0.1, -0.05) is 6.92 Å². The predicted molar refractivity (Wildman–Crippen MR) is 74.5 cm³/mol.